The average molecular weight is 284 g/mol. The van der Waals surface area contributed by atoms with E-state index in [1.54, 1.807) is 39.5 Å². The van der Waals surface area contributed by atoms with Gasteiger partial charge in [-0.25, -0.2) is 0 Å². The van der Waals surface area contributed by atoms with E-state index in [2.05, 4.69) is 11.4 Å². The molecule has 0 spiro atoms. The van der Waals surface area contributed by atoms with Gasteiger partial charge in [-0.3, -0.25) is 0 Å². The van der Waals surface area contributed by atoms with Crippen LogP contribution in [0.15, 0.2) is 36.4 Å². The standard InChI is InChI=1S/C16H16N2O3/c1-19-12-8-14(20-2)16(15(9-12)21-3)18-13-7-5-4-6-11(13)10-17/h4-9,18H,1-3H3. The lowest BCUT2D eigenvalue weighted by Crippen LogP contribution is -2.00. The van der Waals surface area contributed by atoms with Crippen molar-refractivity contribution in [3.05, 3.63) is 42.0 Å². The third kappa shape index (κ3) is 3.00. The zero-order valence-corrected chi connectivity index (χ0v) is 12.1. The molecule has 21 heavy (non-hydrogen) atoms. The fourth-order valence-corrected chi connectivity index (χ4v) is 1.95. The van der Waals surface area contributed by atoms with Crippen LogP contribution in [0.3, 0.4) is 0 Å². The van der Waals surface area contributed by atoms with Crippen molar-refractivity contribution in [3.8, 4) is 23.3 Å². The zero-order valence-electron chi connectivity index (χ0n) is 12.1. The van der Waals surface area contributed by atoms with E-state index in [-0.39, 0.29) is 0 Å². The Bertz CT molecular complexity index is 652. The van der Waals surface area contributed by atoms with Gasteiger partial charge in [0.05, 0.1) is 32.6 Å². The molecule has 0 saturated heterocycles. The quantitative estimate of drug-likeness (QED) is 0.912. The summed E-state index contributed by atoms with van der Waals surface area (Å²) in [6.07, 6.45) is 0. The highest BCUT2D eigenvalue weighted by molar-refractivity contribution is 5.77. The van der Waals surface area contributed by atoms with E-state index < -0.39 is 0 Å². The molecule has 2 aromatic carbocycles. The van der Waals surface area contributed by atoms with Gasteiger partial charge in [-0.2, -0.15) is 5.26 Å². The summed E-state index contributed by atoms with van der Waals surface area (Å²) in [5.41, 5.74) is 1.86. The van der Waals surface area contributed by atoms with E-state index in [0.29, 0.717) is 34.2 Å². The van der Waals surface area contributed by atoms with Crippen molar-refractivity contribution in [2.24, 2.45) is 0 Å². The summed E-state index contributed by atoms with van der Waals surface area (Å²) in [5, 5.41) is 12.3. The molecule has 0 atom stereocenters. The summed E-state index contributed by atoms with van der Waals surface area (Å²) in [5.74, 6) is 1.76. The lowest BCUT2D eigenvalue weighted by atomic mass is 10.1. The van der Waals surface area contributed by atoms with Crippen molar-refractivity contribution in [2.45, 2.75) is 0 Å². The van der Waals surface area contributed by atoms with Crippen LogP contribution in [0.5, 0.6) is 17.2 Å². The molecule has 0 aliphatic heterocycles. The Balaban J connectivity index is 2.50. The van der Waals surface area contributed by atoms with Crippen LogP contribution in [0.4, 0.5) is 11.4 Å². The van der Waals surface area contributed by atoms with Gasteiger partial charge in [-0.15, -0.1) is 0 Å². The summed E-state index contributed by atoms with van der Waals surface area (Å²) in [6, 6.07) is 12.9. The first-order valence-corrected chi connectivity index (χ1v) is 6.29. The Kier molecular flexibility index (Phi) is 4.52. The minimum atomic E-state index is 0.539. The monoisotopic (exact) mass is 284 g/mol. The number of methoxy groups -OCH3 is 3. The molecular weight excluding hydrogens is 268 g/mol. The van der Waals surface area contributed by atoms with E-state index in [9.17, 15) is 0 Å². The molecule has 2 aromatic rings. The van der Waals surface area contributed by atoms with Crippen LogP contribution < -0.4 is 19.5 Å². The van der Waals surface area contributed by atoms with Crippen LogP contribution in [0.2, 0.25) is 0 Å². The zero-order chi connectivity index (χ0) is 15.2. The number of anilines is 2. The average Bonchev–Trinajstić information content (AvgIpc) is 2.55. The smallest absolute Gasteiger partial charge is 0.149 e. The molecule has 5 nitrogen and oxygen atoms in total. The highest BCUT2D eigenvalue weighted by atomic mass is 16.5. The van der Waals surface area contributed by atoms with Crippen LogP contribution in [-0.2, 0) is 0 Å². The first-order valence-electron chi connectivity index (χ1n) is 6.29. The number of nitrogens with zero attached hydrogens (tertiary/aromatic N) is 1. The van der Waals surface area contributed by atoms with Gasteiger partial charge in [0.15, 0.2) is 0 Å². The molecule has 0 heterocycles. The predicted octanol–water partition coefficient (Wildman–Crippen LogP) is 3.33. The normalized spacial score (nSPS) is 9.62. The van der Waals surface area contributed by atoms with E-state index in [1.165, 1.54) is 0 Å². The second kappa shape index (κ2) is 6.53. The van der Waals surface area contributed by atoms with Crippen LogP contribution in [0.1, 0.15) is 5.56 Å². The van der Waals surface area contributed by atoms with E-state index in [4.69, 9.17) is 19.5 Å². The highest BCUT2D eigenvalue weighted by Gasteiger charge is 2.14. The molecule has 0 bridgehead atoms. The Morgan fingerprint density at radius 3 is 2.10 bits per heavy atom. The van der Waals surface area contributed by atoms with Gasteiger partial charge in [-0.1, -0.05) is 12.1 Å². The second-order valence-corrected chi connectivity index (χ2v) is 4.19. The molecule has 108 valence electrons. The number of hydrogen-bond donors (Lipinski definition) is 1. The van der Waals surface area contributed by atoms with E-state index in [0.717, 1.165) is 0 Å². The van der Waals surface area contributed by atoms with Crippen molar-refractivity contribution in [1.29, 1.82) is 5.26 Å². The first-order chi connectivity index (χ1) is 10.2. The van der Waals surface area contributed by atoms with Gasteiger partial charge in [0.2, 0.25) is 0 Å². The van der Waals surface area contributed by atoms with Crippen LogP contribution >= 0.6 is 0 Å². The molecule has 0 aliphatic rings. The lowest BCUT2D eigenvalue weighted by molar-refractivity contribution is 0.378. The van der Waals surface area contributed by atoms with Crippen molar-refractivity contribution >= 4 is 11.4 Å². The number of benzene rings is 2. The highest BCUT2D eigenvalue weighted by Crippen LogP contribution is 2.40. The maximum absolute atomic E-state index is 9.16. The van der Waals surface area contributed by atoms with Gasteiger partial charge >= 0.3 is 0 Å². The maximum Gasteiger partial charge on any atom is 0.149 e. The Labute approximate surface area is 123 Å². The molecule has 0 saturated carbocycles. The largest absolute Gasteiger partial charge is 0.496 e. The summed E-state index contributed by atoms with van der Waals surface area (Å²) in [6.45, 7) is 0. The molecule has 0 fully saturated rings. The molecule has 0 radical (unpaired) electrons. The van der Waals surface area contributed by atoms with Gasteiger partial charge in [0, 0.05) is 12.1 Å². The molecule has 0 unspecified atom stereocenters. The van der Waals surface area contributed by atoms with Crippen molar-refractivity contribution in [1.82, 2.24) is 0 Å². The van der Waals surface area contributed by atoms with Crippen molar-refractivity contribution in [3.63, 3.8) is 0 Å². The topological polar surface area (TPSA) is 63.5 Å². The summed E-state index contributed by atoms with van der Waals surface area (Å²) in [7, 11) is 4.71. The summed E-state index contributed by atoms with van der Waals surface area (Å²) in [4.78, 5) is 0. The molecule has 2 rings (SSSR count). The van der Waals surface area contributed by atoms with Gasteiger partial charge < -0.3 is 19.5 Å². The van der Waals surface area contributed by atoms with Crippen LogP contribution in [-0.4, -0.2) is 21.3 Å². The first kappa shape index (κ1) is 14.5. The molecule has 0 aromatic heterocycles. The molecular formula is C16H16N2O3. The molecule has 0 aliphatic carbocycles. The number of para-hydroxylation sites is 1. The second-order valence-electron chi connectivity index (χ2n) is 4.19. The number of nitrogens with one attached hydrogen (secondary N) is 1. The lowest BCUT2D eigenvalue weighted by Gasteiger charge is -2.17. The van der Waals surface area contributed by atoms with Crippen molar-refractivity contribution < 1.29 is 14.2 Å². The number of hydrogen-bond acceptors (Lipinski definition) is 5. The van der Waals surface area contributed by atoms with E-state index >= 15 is 0 Å². The third-order valence-corrected chi connectivity index (χ3v) is 3.02. The Morgan fingerprint density at radius 1 is 0.952 bits per heavy atom. The third-order valence-electron chi connectivity index (χ3n) is 3.02. The maximum atomic E-state index is 9.16. The molecule has 0 amide bonds. The van der Waals surface area contributed by atoms with Crippen molar-refractivity contribution in [2.75, 3.05) is 26.6 Å². The number of ether oxygens (including phenoxy) is 3. The van der Waals surface area contributed by atoms with Gasteiger partial charge in [0.25, 0.3) is 0 Å². The van der Waals surface area contributed by atoms with Gasteiger partial charge in [0.1, 0.15) is 29.0 Å². The Morgan fingerprint density at radius 2 is 1.57 bits per heavy atom. The fourth-order valence-electron chi connectivity index (χ4n) is 1.95. The minimum Gasteiger partial charge on any atom is -0.496 e. The molecule has 1 N–H and O–H groups in total. The minimum absolute atomic E-state index is 0.539. The summed E-state index contributed by atoms with van der Waals surface area (Å²) >= 11 is 0. The molecule has 5 heteroatoms. The van der Waals surface area contributed by atoms with Crippen LogP contribution in [0, 0.1) is 11.3 Å². The fraction of sp³-hybridized carbons (Fsp3) is 0.188. The number of rotatable bonds is 5. The predicted molar refractivity (Wildman–Crippen MR) is 80.5 cm³/mol. The summed E-state index contributed by atoms with van der Waals surface area (Å²) < 4.78 is 16.0. The SMILES string of the molecule is COc1cc(OC)c(Nc2ccccc2C#N)c(OC)c1. The number of nitriles is 1. The van der Waals surface area contributed by atoms with Crippen LogP contribution in [0.25, 0.3) is 0 Å². The Hall–Kier alpha value is -2.87. The van der Waals surface area contributed by atoms with E-state index in [1.807, 2.05) is 18.2 Å². The van der Waals surface area contributed by atoms with Gasteiger partial charge in [-0.05, 0) is 12.1 Å².